The lowest BCUT2D eigenvalue weighted by atomic mass is 9.50. The number of hydrogen-bond acceptors (Lipinski definition) is 5. The van der Waals surface area contributed by atoms with Crippen molar-refractivity contribution in [1.82, 2.24) is 0 Å². The average Bonchev–Trinajstić information content (AvgIpc) is 2.83. The van der Waals surface area contributed by atoms with Crippen LogP contribution < -0.4 is 14.2 Å². The van der Waals surface area contributed by atoms with Gasteiger partial charge >= 0.3 is 11.9 Å². The number of ether oxygens (including phenoxy) is 3. The maximum absolute atomic E-state index is 11.3. The highest BCUT2D eigenvalue weighted by Crippen LogP contribution is 2.62. The summed E-state index contributed by atoms with van der Waals surface area (Å²) >= 11 is 0. The van der Waals surface area contributed by atoms with Crippen molar-refractivity contribution < 1.29 is 34.0 Å². The number of carboxylic acid groups (broad SMARTS) is 2. The first-order valence-corrected chi connectivity index (χ1v) is 12.5. The number of aromatic carboxylic acids is 2. The van der Waals surface area contributed by atoms with Gasteiger partial charge in [0.25, 0.3) is 0 Å². The molecule has 4 aliphatic carbocycles. The van der Waals surface area contributed by atoms with E-state index in [9.17, 15) is 19.8 Å². The maximum atomic E-state index is 11.3. The van der Waals surface area contributed by atoms with Crippen molar-refractivity contribution in [1.29, 1.82) is 0 Å². The van der Waals surface area contributed by atoms with Crippen molar-refractivity contribution >= 4 is 11.9 Å². The lowest BCUT2D eigenvalue weighted by Crippen LogP contribution is -2.70. The molecule has 4 bridgehead atoms. The van der Waals surface area contributed by atoms with Crippen molar-refractivity contribution in [2.24, 2.45) is 5.92 Å². The van der Waals surface area contributed by atoms with Gasteiger partial charge in [-0.15, -0.1) is 0 Å². The largest absolute Gasteiger partial charge is 0.487 e. The molecule has 0 amide bonds. The third kappa shape index (κ3) is 4.50. The zero-order chi connectivity index (χ0) is 25.7. The Morgan fingerprint density at radius 3 is 1.27 bits per heavy atom. The quantitative estimate of drug-likeness (QED) is 0.401. The standard InChI is InChI=1S/C30H28O7/c31-26(32)21-6-10-24(11-7-21)36-29-15-20-14-28(17-29,35-23-4-2-1-3-5-23)18-30(16-20,19-29)37-25-12-8-22(9-13-25)27(33)34/h1-13,20H,14-19H2,(H,31,32)(H,33,34). The highest BCUT2D eigenvalue weighted by atomic mass is 16.5. The molecule has 7 rings (SSSR count). The highest BCUT2D eigenvalue weighted by Gasteiger charge is 2.67. The van der Waals surface area contributed by atoms with Gasteiger partial charge in [0.1, 0.15) is 34.1 Å². The van der Waals surface area contributed by atoms with Gasteiger partial charge in [0.05, 0.1) is 11.1 Å². The molecule has 0 aromatic heterocycles. The van der Waals surface area contributed by atoms with Crippen molar-refractivity contribution in [3.63, 3.8) is 0 Å². The minimum atomic E-state index is -0.974. The molecule has 0 radical (unpaired) electrons. The topological polar surface area (TPSA) is 102 Å². The molecule has 2 atom stereocenters. The van der Waals surface area contributed by atoms with E-state index in [1.807, 2.05) is 30.3 Å². The molecule has 37 heavy (non-hydrogen) atoms. The number of hydrogen-bond donors (Lipinski definition) is 2. The van der Waals surface area contributed by atoms with Gasteiger partial charge in [-0.3, -0.25) is 0 Å². The highest BCUT2D eigenvalue weighted by molar-refractivity contribution is 5.88. The first kappa shape index (κ1) is 23.4. The summed E-state index contributed by atoms with van der Waals surface area (Å²) in [5.41, 5.74) is -1.10. The van der Waals surface area contributed by atoms with E-state index in [0.717, 1.165) is 25.0 Å². The molecule has 0 spiro atoms. The molecule has 0 heterocycles. The fraction of sp³-hybridized carbons (Fsp3) is 0.333. The zero-order valence-electron chi connectivity index (χ0n) is 20.3. The minimum Gasteiger partial charge on any atom is -0.487 e. The first-order chi connectivity index (χ1) is 17.8. The maximum Gasteiger partial charge on any atom is 0.335 e. The molecule has 0 saturated heterocycles. The van der Waals surface area contributed by atoms with Crippen LogP contribution >= 0.6 is 0 Å². The van der Waals surface area contributed by atoms with Crippen LogP contribution in [0.2, 0.25) is 0 Å². The van der Waals surface area contributed by atoms with E-state index in [4.69, 9.17) is 14.2 Å². The fourth-order valence-electron chi connectivity index (χ4n) is 7.09. The smallest absolute Gasteiger partial charge is 0.335 e. The summed E-state index contributed by atoms with van der Waals surface area (Å²) in [6.07, 6.45) is 4.73. The Morgan fingerprint density at radius 2 is 0.919 bits per heavy atom. The van der Waals surface area contributed by atoms with Crippen LogP contribution in [-0.4, -0.2) is 39.0 Å². The molecule has 7 nitrogen and oxygen atoms in total. The lowest BCUT2D eigenvalue weighted by Gasteiger charge is -2.64. The molecule has 7 heteroatoms. The second kappa shape index (κ2) is 8.54. The van der Waals surface area contributed by atoms with Crippen molar-refractivity contribution in [3.8, 4) is 17.2 Å². The third-order valence-electron chi connectivity index (χ3n) is 7.86. The van der Waals surface area contributed by atoms with Crippen LogP contribution in [-0.2, 0) is 0 Å². The van der Waals surface area contributed by atoms with Crippen LogP contribution in [0, 0.1) is 5.92 Å². The molecule has 4 fully saturated rings. The second-order valence-corrected chi connectivity index (χ2v) is 10.8. The van der Waals surface area contributed by atoms with Gasteiger partial charge in [-0.2, -0.15) is 0 Å². The van der Waals surface area contributed by atoms with E-state index in [-0.39, 0.29) is 11.1 Å². The van der Waals surface area contributed by atoms with Gasteiger partial charge in [0.15, 0.2) is 0 Å². The van der Waals surface area contributed by atoms with Crippen molar-refractivity contribution in [3.05, 3.63) is 90.0 Å². The van der Waals surface area contributed by atoms with Crippen LogP contribution in [0.1, 0.15) is 59.2 Å². The van der Waals surface area contributed by atoms with Crippen LogP contribution in [0.4, 0.5) is 0 Å². The van der Waals surface area contributed by atoms with Crippen molar-refractivity contribution in [2.45, 2.75) is 55.3 Å². The van der Waals surface area contributed by atoms with Gasteiger partial charge in [-0.25, -0.2) is 9.59 Å². The summed E-state index contributed by atoms with van der Waals surface area (Å²) in [6.45, 7) is 0. The Kier molecular flexibility index (Phi) is 5.40. The van der Waals surface area contributed by atoms with Gasteiger partial charge in [-0.1, -0.05) is 18.2 Å². The lowest BCUT2D eigenvalue weighted by molar-refractivity contribution is -0.228. The van der Waals surface area contributed by atoms with E-state index in [1.54, 1.807) is 48.5 Å². The molecule has 3 aromatic rings. The van der Waals surface area contributed by atoms with E-state index >= 15 is 0 Å². The van der Waals surface area contributed by atoms with Gasteiger partial charge < -0.3 is 24.4 Å². The van der Waals surface area contributed by atoms with Crippen LogP contribution in [0.15, 0.2) is 78.9 Å². The number of para-hydroxylation sites is 1. The Bertz CT molecular complexity index is 1240. The average molecular weight is 501 g/mol. The van der Waals surface area contributed by atoms with E-state index < -0.39 is 28.7 Å². The number of benzene rings is 3. The van der Waals surface area contributed by atoms with E-state index in [2.05, 4.69) is 0 Å². The third-order valence-corrected chi connectivity index (χ3v) is 7.86. The molecule has 4 saturated carbocycles. The number of carbonyl (C=O) groups is 2. The van der Waals surface area contributed by atoms with Crippen LogP contribution in [0.5, 0.6) is 17.2 Å². The predicted molar refractivity (Wildman–Crippen MR) is 135 cm³/mol. The van der Waals surface area contributed by atoms with Crippen molar-refractivity contribution in [2.75, 3.05) is 0 Å². The summed E-state index contributed by atoms with van der Waals surface area (Å²) in [7, 11) is 0. The number of carboxylic acids is 2. The Labute approximate surface area is 214 Å². The van der Waals surface area contributed by atoms with Crippen LogP contribution in [0.25, 0.3) is 0 Å². The SMILES string of the molecule is O=C(O)c1ccc(OC23CC4CC(Oc5ccccc5)(C2)CC(Oc2ccc(C(=O)O)cc2)(C4)C3)cc1. The molecule has 190 valence electrons. The minimum absolute atomic E-state index is 0.214. The Hall–Kier alpha value is -4.00. The first-order valence-electron chi connectivity index (χ1n) is 12.5. The van der Waals surface area contributed by atoms with Gasteiger partial charge in [-0.05, 0) is 85.8 Å². The normalized spacial score (nSPS) is 29.5. The van der Waals surface area contributed by atoms with Gasteiger partial charge in [0.2, 0.25) is 0 Å². The Morgan fingerprint density at radius 1 is 0.568 bits per heavy atom. The van der Waals surface area contributed by atoms with Crippen LogP contribution in [0.3, 0.4) is 0 Å². The monoisotopic (exact) mass is 500 g/mol. The summed E-state index contributed by atoms with van der Waals surface area (Å²) in [5.74, 6) is 0.448. The molecule has 2 unspecified atom stereocenters. The zero-order valence-corrected chi connectivity index (χ0v) is 20.3. The Balaban J connectivity index is 1.34. The van der Waals surface area contributed by atoms with Gasteiger partial charge in [0, 0.05) is 19.3 Å². The summed E-state index contributed by atoms with van der Waals surface area (Å²) < 4.78 is 20.1. The summed E-state index contributed by atoms with van der Waals surface area (Å²) in [5, 5.41) is 18.5. The molecule has 0 aliphatic heterocycles. The molecule has 4 aliphatic rings. The fourth-order valence-corrected chi connectivity index (χ4v) is 7.09. The molecular weight excluding hydrogens is 472 g/mol. The molecular formula is C30H28O7. The number of rotatable bonds is 8. The van der Waals surface area contributed by atoms with E-state index in [1.165, 1.54) is 0 Å². The summed E-state index contributed by atoms with van der Waals surface area (Å²) in [6, 6.07) is 22.9. The molecule has 2 N–H and O–H groups in total. The molecule has 3 aromatic carbocycles. The second-order valence-electron chi connectivity index (χ2n) is 10.8. The summed E-state index contributed by atoms with van der Waals surface area (Å²) in [4.78, 5) is 22.6. The van der Waals surface area contributed by atoms with E-state index in [0.29, 0.717) is 36.7 Å². The predicted octanol–water partition coefficient (Wildman–Crippen LogP) is 5.83.